The molecule has 0 fully saturated rings. The Balaban J connectivity index is 2.06. The Bertz CT molecular complexity index is 770. The normalized spacial score (nSPS) is 10.8. The number of nitrogens with zero attached hydrogens (tertiary/aromatic N) is 2. The van der Waals surface area contributed by atoms with Crippen LogP contribution >= 0.6 is 22.9 Å². The molecule has 0 aliphatic heterocycles. The van der Waals surface area contributed by atoms with Crippen LogP contribution in [0.25, 0.3) is 10.2 Å². The van der Waals surface area contributed by atoms with E-state index in [0.717, 1.165) is 16.6 Å². The van der Waals surface area contributed by atoms with Crippen molar-refractivity contribution in [1.82, 2.24) is 9.97 Å². The predicted octanol–water partition coefficient (Wildman–Crippen LogP) is 4.74. The zero-order valence-corrected chi connectivity index (χ0v) is 13.3. The summed E-state index contributed by atoms with van der Waals surface area (Å²) in [7, 11) is 1.79. The van der Waals surface area contributed by atoms with Gasteiger partial charge in [0.15, 0.2) is 0 Å². The van der Waals surface area contributed by atoms with Crippen LogP contribution in [-0.4, -0.2) is 17.0 Å². The summed E-state index contributed by atoms with van der Waals surface area (Å²) < 4.78 is 5.90. The average Bonchev–Trinajstić information content (AvgIpc) is 2.92. The number of aromatic nitrogens is 2. The van der Waals surface area contributed by atoms with Gasteiger partial charge in [0.05, 0.1) is 5.39 Å². The standard InChI is InChI=1S/C15H14ClN3OS/c1-3-11-8-12-13(18-15(17-2)19-14(12)21-11)20-10-6-4-9(16)5-7-10/h4-8H,3H2,1-2H3,(H,17,18,19). The van der Waals surface area contributed by atoms with Crippen LogP contribution in [0, 0.1) is 0 Å². The molecule has 3 rings (SSSR count). The van der Waals surface area contributed by atoms with Crippen molar-refractivity contribution in [3.8, 4) is 11.6 Å². The molecule has 0 bridgehead atoms. The highest BCUT2D eigenvalue weighted by molar-refractivity contribution is 7.18. The number of fused-ring (bicyclic) bond motifs is 1. The van der Waals surface area contributed by atoms with E-state index in [4.69, 9.17) is 16.3 Å². The Morgan fingerprint density at radius 3 is 2.67 bits per heavy atom. The van der Waals surface area contributed by atoms with Crippen LogP contribution in [0.1, 0.15) is 11.8 Å². The Morgan fingerprint density at radius 2 is 2.00 bits per heavy atom. The first-order chi connectivity index (χ1) is 10.2. The van der Waals surface area contributed by atoms with Gasteiger partial charge in [-0.3, -0.25) is 0 Å². The first-order valence-corrected chi connectivity index (χ1v) is 7.80. The fraction of sp³-hybridized carbons (Fsp3) is 0.200. The van der Waals surface area contributed by atoms with Crippen LogP contribution in [0.3, 0.4) is 0 Å². The number of hydrogen-bond acceptors (Lipinski definition) is 5. The third-order valence-electron chi connectivity index (χ3n) is 3.01. The molecule has 108 valence electrons. The van der Waals surface area contributed by atoms with E-state index < -0.39 is 0 Å². The Hall–Kier alpha value is -1.85. The first-order valence-electron chi connectivity index (χ1n) is 6.61. The average molecular weight is 320 g/mol. The van der Waals surface area contributed by atoms with Gasteiger partial charge in [-0.25, -0.2) is 4.98 Å². The van der Waals surface area contributed by atoms with Crippen LogP contribution < -0.4 is 10.1 Å². The maximum atomic E-state index is 5.90. The highest BCUT2D eigenvalue weighted by Gasteiger charge is 2.12. The van der Waals surface area contributed by atoms with Gasteiger partial charge in [-0.1, -0.05) is 18.5 Å². The quantitative estimate of drug-likeness (QED) is 0.754. The van der Waals surface area contributed by atoms with E-state index in [2.05, 4.69) is 28.3 Å². The van der Waals surface area contributed by atoms with Gasteiger partial charge in [-0.15, -0.1) is 11.3 Å². The van der Waals surface area contributed by atoms with Gasteiger partial charge in [0.1, 0.15) is 10.6 Å². The van der Waals surface area contributed by atoms with Gasteiger partial charge in [0.25, 0.3) is 0 Å². The molecule has 0 unspecified atom stereocenters. The molecule has 0 saturated heterocycles. The van der Waals surface area contributed by atoms with Crippen molar-refractivity contribution in [2.45, 2.75) is 13.3 Å². The second kappa shape index (κ2) is 5.87. The molecule has 0 atom stereocenters. The summed E-state index contributed by atoms with van der Waals surface area (Å²) in [5, 5.41) is 4.58. The molecular weight excluding hydrogens is 306 g/mol. The number of rotatable bonds is 4. The maximum absolute atomic E-state index is 5.90. The molecule has 21 heavy (non-hydrogen) atoms. The van der Waals surface area contributed by atoms with Crippen molar-refractivity contribution < 1.29 is 4.74 Å². The summed E-state index contributed by atoms with van der Waals surface area (Å²) in [5.41, 5.74) is 0. The van der Waals surface area contributed by atoms with E-state index in [1.165, 1.54) is 4.88 Å². The number of nitrogens with one attached hydrogen (secondary N) is 1. The summed E-state index contributed by atoms with van der Waals surface area (Å²) >= 11 is 7.55. The third kappa shape index (κ3) is 2.94. The van der Waals surface area contributed by atoms with Gasteiger partial charge in [0, 0.05) is 16.9 Å². The largest absolute Gasteiger partial charge is 0.438 e. The Labute approximate surface area is 131 Å². The maximum Gasteiger partial charge on any atom is 0.232 e. The Kier molecular flexibility index (Phi) is 3.94. The number of benzene rings is 1. The summed E-state index contributed by atoms with van der Waals surface area (Å²) in [5.74, 6) is 1.81. The molecule has 6 heteroatoms. The number of anilines is 1. The van der Waals surface area contributed by atoms with Crippen LogP contribution in [0.15, 0.2) is 30.3 Å². The highest BCUT2D eigenvalue weighted by atomic mass is 35.5. The minimum atomic E-state index is 0.552. The fourth-order valence-corrected chi connectivity index (χ4v) is 3.01. The van der Waals surface area contributed by atoms with Crippen LogP contribution in [0.4, 0.5) is 5.95 Å². The molecule has 0 aliphatic rings. The van der Waals surface area contributed by atoms with Gasteiger partial charge in [0.2, 0.25) is 11.8 Å². The van der Waals surface area contributed by atoms with E-state index in [1.807, 2.05) is 12.1 Å². The lowest BCUT2D eigenvalue weighted by Gasteiger charge is -2.07. The van der Waals surface area contributed by atoms with Crippen LogP contribution in [0.5, 0.6) is 11.6 Å². The molecule has 0 saturated carbocycles. The Morgan fingerprint density at radius 1 is 1.24 bits per heavy atom. The van der Waals surface area contributed by atoms with Gasteiger partial charge in [-0.05, 0) is 36.8 Å². The highest BCUT2D eigenvalue weighted by Crippen LogP contribution is 2.34. The van der Waals surface area contributed by atoms with E-state index in [0.29, 0.717) is 22.6 Å². The molecule has 3 aromatic rings. The number of aryl methyl sites for hydroxylation is 1. The fourth-order valence-electron chi connectivity index (χ4n) is 1.92. The zero-order valence-electron chi connectivity index (χ0n) is 11.7. The van der Waals surface area contributed by atoms with Gasteiger partial charge < -0.3 is 10.1 Å². The molecule has 0 radical (unpaired) electrons. The first kappa shape index (κ1) is 14.1. The van der Waals surface area contributed by atoms with Crippen LogP contribution in [0.2, 0.25) is 5.02 Å². The molecule has 0 spiro atoms. The second-order valence-electron chi connectivity index (χ2n) is 4.44. The van der Waals surface area contributed by atoms with Gasteiger partial charge >= 0.3 is 0 Å². The molecule has 1 N–H and O–H groups in total. The lowest BCUT2D eigenvalue weighted by atomic mass is 10.3. The minimum absolute atomic E-state index is 0.552. The topological polar surface area (TPSA) is 47.0 Å². The molecule has 2 heterocycles. The van der Waals surface area contributed by atoms with E-state index in [9.17, 15) is 0 Å². The molecule has 0 amide bonds. The summed E-state index contributed by atoms with van der Waals surface area (Å²) in [4.78, 5) is 11.1. The smallest absolute Gasteiger partial charge is 0.232 e. The number of halogens is 1. The van der Waals surface area contributed by atoms with Crippen molar-refractivity contribution in [3.63, 3.8) is 0 Å². The van der Waals surface area contributed by atoms with E-state index in [-0.39, 0.29) is 0 Å². The number of thiophene rings is 1. The van der Waals surface area contributed by atoms with Crippen molar-refractivity contribution in [1.29, 1.82) is 0 Å². The van der Waals surface area contributed by atoms with Gasteiger partial charge in [-0.2, -0.15) is 4.98 Å². The lowest BCUT2D eigenvalue weighted by molar-refractivity contribution is 0.469. The molecular formula is C15H14ClN3OS. The van der Waals surface area contributed by atoms with Crippen molar-refractivity contribution in [2.24, 2.45) is 0 Å². The zero-order chi connectivity index (χ0) is 14.8. The molecule has 2 aromatic heterocycles. The minimum Gasteiger partial charge on any atom is -0.438 e. The predicted molar refractivity (Wildman–Crippen MR) is 87.9 cm³/mol. The lowest BCUT2D eigenvalue weighted by Crippen LogP contribution is -1.98. The number of hydrogen-bond donors (Lipinski definition) is 1. The molecule has 1 aromatic carbocycles. The molecule has 0 aliphatic carbocycles. The third-order valence-corrected chi connectivity index (χ3v) is 4.43. The molecule has 4 nitrogen and oxygen atoms in total. The summed E-state index contributed by atoms with van der Waals surface area (Å²) in [6, 6.07) is 9.31. The number of ether oxygens (including phenoxy) is 1. The van der Waals surface area contributed by atoms with Crippen molar-refractivity contribution in [2.75, 3.05) is 12.4 Å². The SMILES string of the molecule is CCc1cc2c(Oc3ccc(Cl)cc3)nc(NC)nc2s1. The van der Waals surface area contributed by atoms with Crippen molar-refractivity contribution in [3.05, 3.63) is 40.2 Å². The summed E-state index contributed by atoms with van der Waals surface area (Å²) in [6.45, 7) is 2.12. The summed E-state index contributed by atoms with van der Waals surface area (Å²) in [6.07, 6.45) is 0.969. The van der Waals surface area contributed by atoms with E-state index >= 15 is 0 Å². The monoisotopic (exact) mass is 319 g/mol. The van der Waals surface area contributed by atoms with Crippen LogP contribution in [-0.2, 0) is 6.42 Å². The second-order valence-corrected chi connectivity index (χ2v) is 6.00. The van der Waals surface area contributed by atoms with Crippen molar-refractivity contribution >= 4 is 39.1 Å². The van der Waals surface area contributed by atoms with E-state index in [1.54, 1.807) is 30.5 Å².